The zero-order valence-corrected chi connectivity index (χ0v) is 20.6. The number of carbonyl (C=O) groups is 1. The molecule has 1 saturated heterocycles. The first kappa shape index (κ1) is 25.6. The zero-order valence-electron chi connectivity index (χ0n) is 19.7. The van der Waals surface area contributed by atoms with Gasteiger partial charge in [0.2, 0.25) is 11.7 Å². The molecule has 11 heteroatoms. The second-order valence-electron chi connectivity index (χ2n) is 7.90. The van der Waals surface area contributed by atoms with Crippen LogP contribution in [-0.2, 0) is 21.4 Å². The number of pyridine rings is 1. The summed E-state index contributed by atoms with van der Waals surface area (Å²) >= 11 is 0. The number of carbonyl (C=O) groups excluding carboxylic acids is 1. The third kappa shape index (κ3) is 6.29. The zero-order chi connectivity index (χ0) is 24.6. The summed E-state index contributed by atoms with van der Waals surface area (Å²) in [7, 11) is 0.365. The van der Waals surface area contributed by atoms with E-state index in [2.05, 4.69) is 15.0 Å². The smallest absolute Gasteiger partial charge is 0.302 e. The summed E-state index contributed by atoms with van der Waals surface area (Å²) in [6.45, 7) is 0.714. The maximum Gasteiger partial charge on any atom is 0.302 e. The van der Waals surface area contributed by atoms with Gasteiger partial charge in [0, 0.05) is 37.6 Å². The molecule has 186 valence electrons. The molecular formula is C23H32N4O6S. The number of rotatable bonds is 11. The molecule has 0 aliphatic carbocycles. The van der Waals surface area contributed by atoms with Gasteiger partial charge in [-0.05, 0) is 37.3 Å². The molecule has 1 aromatic heterocycles. The molecule has 0 radical (unpaired) electrons. The Bertz CT molecular complexity index is 1040. The molecule has 0 spiro atoms. The Balaban J connectivity index is 1.67. The molecule has 2 N–H and O–H groups in total. The number of benzene rings is 1. The fraction of sp³-hybridized carbons (Fsp3) is 0.478. The molecule has 34 heavy (non-hydrogen) atoms. The van der Waals surface area contributed by atoms with Gasteiger partial charge in [-0.25, -0.2) is 0 Å². The standard InChI is InChI=1S/C23H32N4O6S/c1-31-20-14-18(15-21(32-2)22(20)33-3)26-34(29,30)27-13-5-4-10-19(27)23(28)25-12-7-9-17-8-6-11-24-16-17/h6,8,11,14-16,19,26H,4-5,7,9-10,12-13H2,1-3H3,(H,25,28). The molecule has 1 aliphatic rings. The van der Waals surface area contributed by atoms with Crippen molar-refractivity contribution in [2.75, 3.05) is 39.1 Å². The number of ether oxygens (including phenoxy) is 3. The van der Waals surface area contributed by atoms with Gasteiger partial charge < -0.3 is 19.5 Å². The molecule has 1 aliphatic heterocycles. The van der Waals surface area contributed by atoms with Crippen molar-refractivity contribution < 1.29 is 27.4 Å². The Morgan fingerprint density at radius 3 is 2.50 bits per heavy atom. The number of hydrogen-bond acceptors (Lipinski definition) is 7. The molecule has 1 unspecified atom stereocenters. The molecule has 0 bridgehead atoms. The van der Waals surface area contributed by atoms with E-state index in [1.807, 2.05) is 12.1 Å². The summed E-state index contributed by atoms with van der Waals surface area (Å²) in [5, 5.41) is 2.89. The fourth-order valence-corrected chi connectivity index (χ4v) is 5.41. The molecule has 3 rings (SSSR count). The van der Waals surface area contributed by atoms with Crippen molar-refractivity contribution in [2.24, 2.45) is 0 Å². The van der Waals surface area contributed by atoms with Crippen molar-refractivity contribution in [3.63, 3.8) is 0 Å². The minimum absolute atomic E-state index is 0.246. The molecule has 1 aromatic carbocycles. The highest BCUT2D eigenvalue weighted by molar-refractivity contribution is 7.90. The van der Waals surface area contributed by atoms with E-state index in [-0.39, 0.29) is 18.1 Å². The van der Waals surface area contributed by atoms with Crippen LogP contribution < -0.4 is 24.2 Å². The van der Waals surface area contributed by atoms with Gasteiger partial charge in [0.1, 0.15) is 6.04 Å². The predicted molar refractivity (Wildman–Crippen MR) is 129 cm³/mol. The van der Waals surface area contributed by atoms with E-state index in [4.69, 9.17) is 14.2 Å². The molecule has 0 saturated carbocycles. The number of aryl methyl sites for hydroxylation is 1. The van der Waals surface area contributed by atoms with Crippen LogP contribution in [0.5, 0.6) is 17.2 Å². The Hall–Kier alpha value is -3.05. The van der Waals surface area contributed by atoms with Gasteiger partial charge in [-0.1, -0.05) is 12.5 Å². The van der Waals surface area contributed by atoms with Crippen LogP contribution >= 0.6 is 0 Å². The minimum Gasteiger partial charge on any atom is -0.493 e. The largest absolute Gasteiger partial charge is 0.493 e. The van der Waals surface area contributed by atoms with Crippen molar-refractivity contribution in [3.8, 4) is 17.2 Å². The van der Waals surface area contributed by atoms with Gasteiger partial charge >= 0.3 is 10.2 Å². The summed E-state index contributed by atoms with van der Waals surface area (Å²) in [6, 6.07) is 6.11. The number of aromatic nitrogens is 1. The lowest BCUT2D eigenvalue weighted by atomic mass is 10.0. The Morgan fingerprint density at radius 2 is 1.88 bits per heavy atom. The Kier molecular flexibility index (Phi) is 8.94. The molecule has 1 fully saturated rings. The van der Waals surface area contributed by atoms with E-state index in [0.717, 1.165) is 24.8 Å². The SMILES string of the molecule is COc1cc(NS(=O)(=O)N2CCCCC2C(=O)NCCCc2cccnc2)cc(OC)c1OC. The van der Waals surface area contributed by atoms with Crippen molar-refractivity contribution >= 4 is 21.8 Å². The van der Waals surface area contributed by atoms with Crippen molar-refractivity contribution in [3.05, 3.63) is 42.2 Å². The minimum atomic E-state index is -4.01. The van der Waals surface area contributed by atoms with Crippen molar-refractivity contribution in [2.45, 2.75) is 38.1 Å². The number of methoxy groups -OCH3 is 3. The van der Waals surface area contributed by atoms with Gasteiger partial charge in [-0.3, -0.25) is 14.5 Å². The molecule has 1 atom stereocenters. The van der Waals surface area contributed by atoms with Crippen LogP contribution in [0.25, 0.3) is 0 Å². The summed E-state index contributed by atoms with van der Waals surface area (Å²) < 4.78 is 46.2. The highest BCUT2D eigenvalue weighted by Gasteiger charge is 2.37. The maximum atomic E-state index is 13.3. The topological polar surface area (TPSA) is 119 Å². The number of amides is 1. The summed E-state index contributed by atoms with van der Waals surface area (Å²) in [5.74, 6) is 0.706. The molecule has 2 heterocycles. The van der Waals surface area contributed by atoms with E-state index in [1.165, 1.54) is 37.8 Å². The second-order valence-corrected chi connectivity index (χ2v) is 9.52. The van der Waals surface area contributed by atoms with Gasteiger partial charge in [0.05, 0.1) is 27.0 Å². The number of piperidine rings is 1. The summed E-state index contributed by atoms with van der Waals surface area (Å²) in [4.78, 5) is 17.0. The fourth-order valence-electron chi connectivity index (χ4n) is 3.97. The maximum absolute atomic E-state index is 13.3. The lowest BCUT2D eigenvalue weighted by Crippen LogP contribution is -2.53. The second kappa shape index (κ2) is 11.9. The van der Waals surface area contributed by atoms with E-state index in [1.54, 1.807) is 12.4 Å². The van der Waals surface area contributed by atoms with E-state index in [0.29, 0.717) is 36.6 Å². The summed E-state index contributed by atoms with van der Waals surface area (Å²) in [6.07, 6.45) is 6.96. The quantitative estimate of drug-likeness (QED) is 0.462. The molecule has 1 amide bonds. The van der Waals surface area contributed by atoms with Crippen LogP contribution in [0.3, 0.4) is 0 Å². The first-order chi connectivity index (χ1) is 16.4. The highest BCUT2D eigenvalue weighted by Crippen LogP contribution is 2.40. The van der Waals surface area contributed by atoms with Crippen molar-refractivity contribution in [1.29, 1.82) is 0 Å². The van der Waals surface area contributed by atoms with Crippen LogP contribution in [0.1, 0.15) is 31.2 Å². The number of hydrogen-bond donors (Lipinski definition) is 2. The van der Waals surface area contributed by atoms with Gasteiger partial charge in [-0.15, -0.1) is 0 Å². The third-order valence-electron chi connectivity index (χ3n) is 5.64. The van der Waals surface area contributed by atoms with Gasteiger partial charge in [0.25, 0.3) is 0 Å². The molecule has 2 aromatic rings. The number of nitrogens with one attached hydrogen (secondary N) is 2. The predicted octanol–water partition coefficient (Wildman–Crippen LogP) is 2.37. The van der Waals surface area contributed by atoms with Crippen molar-refractivity contribution in [1.82, 2.24) is 14.6 Å². The first-order valence-corrected chi connectivity index (χ1v) is 12.6. The normalized spacial score (nSPS) is 16.5. The van der Waals surface area contributed by atoms with Gasteiger partial charge in [0.15, 0.2) is 11.5 Å². The monoisotopic (exact) mass is 492 g/mol. The van der Waals surface area contributed by atoms with Crippen LogP contribution in [0.2, 0.25) is 0 Å². The van der Waals surface area contributed by atoms with E-state index < -0.39 is 16.3 Å². The lowest BCUT2D eigenvalue weighted by Gasteiger charge is -2.33. The van der Waals surface area contributed by atoms with Crippen LogP contribution in [-0.4, -0.2) is 64.1 Å². The molecule has 10 nitrogen and oxygen atoms in total. The molecular weight excluding hydrogens is 460 g/mol. The Labute approximate surface area is 200 Å². The van der Waals surface area contributed by atoms with E-state index in [9.17, 15) is 13.2 Å². The van der Waals surface area contributed by atoms with E-state index >= 15 is 0 Å². The average molecular weight is 493 g/mol. The van der Waals surface area contributed by atoms with Crippen LogP contribution in [0, 0.1) is 0 Å². The highest BCUT2D eigenvalue weighted by atomic mass is 32.2. The first-order valence-electron chi connectivity index (χ1n) is 11.2. The number of nitrogens with zero attached hydrogens (tertiary/aromatic N) is 2. The number of anilines is 1. The average Bonchev–Trinajstić information content (AvgIpc) is 2.86. The Morgan fingerprint density at radius 1 is 1.15 bits per heavy atom. The van der Waals surface area contributed by atoms with Gasteiger partial charge in [-0.2, -0.15) is 12.7 Å². The van der Waals surface area contributed by atoms with Crippen LogP contribution in [0.4, 0.5) is 5.69 Å². The third-order valence-corrected chi connectivity index (χ3v) is 7.19. The summed E-state index contributed by atoms with van der Waals surface area (Å²) in [5.41, 5.74) is 1.34. The van der Waals surface area contributed by atoms with Crippen LogP contribution in [0.15, 0.2) is 36.7 Å². The lowest BCUT2D eigenvalue weighted by molar-refractivity contribution is -0.125.